The molecule has 2 heterocycles. The smallest absolute Gasteiger partial charge is 0.161 e. The minimum Gasteiger partial charge on any atom is -0.486 e. The van der Waals surface area contributed by atoms with Crippen LogP contribution in [0, 0.1) is 5.92 Å². The quantitative estimate of drug-likeness (QED) is 0.785. The number of hydrogen-bond acceptors (Lipinski definition) is 3. The molecule has 16 heavy (non-hydrogen) atoms. The minimum absolute atomic E-state index is 0.478. The zero-order valence-corrected chi connectivity index (χ0v) is 9.53. The van der Waals surface area contributed by atoms with E-state index in [1.54, 1.807) is 0 Å². The van der Waals surface area contributed by atoms with Gasteiger partial charge >= 0.3 is 0 Å². The predicted octanol–water partition coefficient (Wildman–Crippen LogP) is 2.13. The van der Waals surface area contributed by atoms with Gasteiger partial charge in [0.25, 0.3) is 0 Å². The number of benzene rings is 1. The second-order valence-corrected chi connectivity index (χ2v) is 4.70. The highest BCUT2D eigenvalue weighted by atomic mass is 16.6. The van der Waals surface area contributed by atoms with Crippen molar-refractivity contribution in [2.24, 2.45) is 5.92 Å². The molecule has 1 aromatic carbocycles. The van der Waals surface area contributed by atoms with E-state index in [2.05, 4.69) is 24.4 Å². The number of rotatable bonds is 1. The molecule has 0 radical (unpaired) electrons. The van der Waals surface area contributed by atoms with Gasteiger partial charge in [-0.2, -0.15) is 0 Å². The fraction of sp³-hybridized carbons (Fsp3) is 0.538. The number of nitrogens with one attached hydrogen (secondary N) is 1. The van der Waals surface area contributed by atoms with Crippen molar-refractivity contribution < 1.29 is 9.47 Å². The second-order valence-electron chi connectivity index (χ2n) is 4.70. The Morgan fingerprint density at radius 3 is 2.75 bits per heavy atom. The molecule has 2 aliphatic rings. The van der Waals surface area contributed by atoms with E-state index < -0.39 is 0 Å². The molecule has 86 valence electrons. The summed E-state index contributed by atoms with van der Waals surface area (Å²) in [6, 6.07) is 6.76. The highest BCUT2D eigenvalue weighted by Crippen LogP contribution is 2.35. The maximum atomic E-state index is 5.60. The van der Waals surface area contributed by atoms with Crippen molar-refractivity contribution in [1.29, 1.82) is 0 Å². The Balaban J connectivity index is 1.85. The first kappa shape index (κ1) is 9.97. The van der Waals surface area contributed by atoms with Crippen molar-refractivity contribution in [1.82, 2.24) is 5.32 Å². The fourth-order valence-electron chi connectivity index (χ4n) is 2.44. The Morgan fingerprint density at radius 1 is 1.19 bits per heavy atom. The molecule has 0 bridgehead atoms. The number of ether oxygens (including phenoxy) is 2. The third kappa shape index (κ3) is 1.76. The summed E-state index contributed by atoms with van der Waals surface area (Å²) >= 11 is 0. The van der Waals surface area contributed by atoms with E-state index in [1.165, 1.54) is 12.0 Å². The highest BCUT2D eigenvalue weighted by Gasteiger charge is 2.23. The average molecular weight is 219 g/mol. The molecule has 3 heteroatoms. The summed E-state index contributed by atoms with van der Waals surface area (Å²) in [5.41, 5.74) is 1.31. The van der Waals surface area contributed by atoms with Gasteiger partial charge in [-0.1, -0.05) is 13.0 Å². The monoisotopic (exact) mass is 219 g/mol. The van der Waals surface area contributed by atoms with Crippen LogP contribution in [0.25, 0.3) is 0 Å². The van der Waals surface area contributed by atoms with Gasteiger partial charge in [-0.3, -0.25) is 0 Å². The lowest BCUT2D eigenvalue weighted by Crippen LogP contribution is -2.17. The van der Waals surface area contributed by atoms with Crippen LogP contribution in [0.3, 0.4) is 0 Å². The lowest BCUT2D eigenvalue weighted by atomic mass is 10.0. The van der Waals surface area contributed by atoms with Crippen LogP contribution in [0.1, 0.15) is 24.9 Å². The second kappa shape index (κ2) is 3.98. The topological polar surface area (TPSA) is 30.5 Å². The van der Waals surface area contributed by atoms with Gasteiger partial charge in [0.15, 0.2) is 11.5 Å². The molecule has 0 saturated carbocycles. The van der Waals surface area contributed by atoms with Gasteiger partial charge in [0.2, 0.25) is 0 Å². The summed E-state index contributed by atoms with van der Waals surface area (Å²) in [5.74, 6) is 2.53. The molecular weight excluding hydrogens is 202 g/mol. The molecule has 2 aliphatic heterocycles. The molecule has 1 saturated heterocycles. The van der Waals surface area contributed by atoms with Crippen LogP contribution in [0.4, 0.5) is 0 Å². The largest absolute Gasteiger partial charge is 0.486 e. The van der Waals surface area contributed by atoms with Crippen molar-refractivity contribution in [3.63, 3.8) is 0 Å². The van der Waals surface area contributed by atoms with Gasteiger partial charge in [0.1, 0.15) is 13.2 Å². The van der Waals surface area contributed by atoms with Crippen LogP contribution in [0.15, 0.2) is 18.2 Å². The van der Waals surface area contributed by atoms with Gasteiger partial charge in [-0.05, 0) is 36.6 Å². The van der Waals surface area contributed by atoms with Gasteiger partial charge in [-0.15, -0.1) is 0 Å². The van der Waals surface area contributed by atoms with Crippen molar-refractivity contribution in [2.75, 3.05) is 19.8 Å². The first-order valence-electron chi connectivity index (χ1n) is 5.96. The molecule has 1 fully saturated rings. The van der Waals surface area contributed by atoms with Crippen LogP contribution in [0.2, 0.25) is 0 Å². The van der Waals surface area contributed by atoms with Crippen LogP contribution in [-0.4, -0.2) is 19.8 Å². The summed E-state index contributed by atoms with van der Waals surface area (Å²) in [6.07, 6.45) is 1.21. The van der Waals surface area contributed by atoms with Gasteiger partial charge in [0.05, 0.1) is 0 Å². The maximum absolute atomic E-state index is 5.60. The first-order chi connectivity index (χ1) is 7.83. The molecule has 3 rings (SSSR count). The van der Waals surface area contributed by atoms with Crippen molar-refractivity contribution >= 4 is 0 Å². The number of fused-ring (bicyclic) bond motifs is 1. The van der Waals surface area contributed by atoms with E-state index in [0.29, 0.717) is 19.3 Å². The van der Waals surface area contributed by atoms with Crippen LogP contribution in [0.5, 0.6) is 11.5 Å². The third-order valence-corrected chi connectivity index (χ3v) is 3.32. The zero-order chi connectivity index (χ0) is 11.0. The highest BCUT2D eigenvalue weighted by molar-refractivity contribution is 5.44. The standard InChI is InChI=1S/C13H17NO2/c1-9-6-11(14-8-9)10-2-3-12-13(7-10)16-5-4-15-12/h2-3,7,9,11,14H,4-6,8H2,1H3. The van der Waals surface area contributed by atoms with E-state index in [9.17, 15) is 0 Å². The molecule has 2 atom stereocenters. The molecule has 2 unspecified atom stereocenters. The van der Waals surface area contributed by atoms with E-state index in [0.717, 1.165) is 24.0 Å². The molecule has 1 N–H and O–H groups in total. The van der Waals surface area contributed by atoms with E-state index in [-0.39, 0.29) is 0 Å². The fourth-order valence-corrected chi connectivity index (χ4v) is 2.44. The minimum atomic E-state index is 0.478. The molecule has 3 nitrogen and oxygen atoms in total. The van der Waals surface area contributed by atoms with Crippen LogP contribution < -0.4 is 14.8 Å². The number of hydrogen-bond donors (Lipinski definition) is 1. The SMILES string of the molecule is CC1CNC(c2ccc3c(c2)OCCO3)C1. The zero-order valence-electron chi connectivity index (χ0n) is 9.53. The molecule has 0 amide bonds. The van der Waals surface area contributed by atoms with Crippen LogP contribution in [-0.2, 0) is 0 Å². The van der Waals surface area contributed by atoms with Gasteiger partial charge in [-0.25, -0.2) is 0 Å². The Bertz CT molecular complexity index is 392. The molecular formula is C13H17NO2. The Morgan fingerprint density at radius 2 is 2.00 bits per heavy atom. The van der Waals surface area contributed by atoms with E-state index in [1.807, 2.05) is 6.07 Å². The first-order valence-corrected chi connectivity index (χ1v) is 5.96. The van der Waals surface area contributed by atoms with Crippen LogP contribution >= 0.6 is 0 Å². The lowest BCUT2D eigenvalue weighted by Gasteiger charge is -2.20. The van der Waals surface area contributed by atoms with Crippen molar-refractivity contribution in [3.05, 3.63) is 23.8 Å². The lowest BCUT2D eigenvalue weighted by molar-refractivity contribution is 0.171. The average Bonchev–Trinajstić information content (AvgIpc) is 2.75. The maximum Gasteiger partial charge on any atom is 0.161 e. The molecule has 1 aromatic rings. The predicted molar refractivity (Wildman–Crippen MR) is 62.0 cm³/mol. The summed E-state index contributed by atoms with van der Waals surface area (Å²) in [6.45, 7) is 4.71. The van der Waals surface area contributed by atoms with Gasteiger partial charge < -0.3 is 14.8 Å². The molecule has 0 spiro atoms. The van der Waals surface area contributed by atoms with Crippen molar-refractivity contribution in [2.45, 2.75) is 19.4 Å². The summed E-state index contributed by atoms with van der Waals surface area (Å²) in [7, 11) is 0. The normalized spacial score (nSPS) is 28.1. The summed E-state index contributed by atoms with van der Waals surface area (Å²) < 4.78 is 11.1. The van der Waals surface area contributed by atoms with E-state index >= 15 is 0 Å². The summed E-state index contributed by atoms with van der Waals surface area (Å²) in [4.78, 5) is 0. The Kier molecular flexibility index (Phi) is 2.48. The Labute approximate surface area is 95.8 Å². The van der Waals surface area contributed by atoms with E-state index in [4.69, 9.17) is 9.47 Å². The summed E-state index contributed by atoms with van der Waals surface area (Å²) in [5, 5.41) is 3.53. The molecule has 0 aromatic heterocycles. The molecule has 0 aliphatic carbocycles. The van der Waals surface area contributed by atoms with Gasteiger partial charge in [0, 0.05) is 6.04 Å². The Hall–Kier alpha value is -1.22. The van der Waals surface area contributed by atoms with Crippen molar-refractivity contribution in [3.8, 4) is 11.5 Å². The third-order valence-electron chi connectivity index (χ3n) is 3.32.